The van der Waals surface area contributed by atoms with Crippen molar-refractivity contribution in [2.45, 2.75) is 26.3 Å². The standard InChI is InChI=1S/C13H15N5S/c1-7(2)11-12(19-18-17-11)13-15-9-4-3-8(6-14)5-10(9)16-13/h3-5,7H,6,14H2,1-2H3,(H,15,16). The van der Waals surface area contributed by atoms with Gasteiger partial charge in [0.25, 0.3) is 0 Å². The number of H-pyrrole nitrogens is 1. The van der Waals surface area contributed by atoms with Gasteiger partial charge in [-0.2, -0.15) is 0 Å². The summed E-state index contributed by atoms with van der Waals surface area (Å²) in [5, 5.41) is 4.18. The molecule has 2 aromatic heterocycles. The zero-order valence-corrected chi connectivity index (χ0v) is 11.7. The Morgan fingerprint density at radius 3 is 2.95 bits per heavy atom. The van der Waals surface area contributed by atoms with Crippen molar-refractivity contribution < 1.29 is 0 Å². The molecule has 19 heavy (non-hydrogen) atoms. The molecule has 0 radical (unpaired) electrons. The number of imidazole rings is 1. The number of aromatic nitrogens is 4. The zero-order chi connectivity index (χ0) is 13.4. The van der Waals surface area contributed by atoms with Gasteiger partial charge in [0, 0.05) is 6.54 Å². The number of benzene rings is 1. The highest BCUT2D eigenvalue weighted by atomic mass is 32.1. The second-order valence-electron chi connectivity index (χ2n) is 4.78. The lowest BCUT2D eigenvalue weighted by molar-refractivity contribution is 0.813. The van der Waals surface area contributed by atoms with Crippen molar-refractivity contribution in [3.8, 4) is 10.7 Å². The Morgan fingerprint density at radius 1 is 1.37 bits per heavy atom. The summed E-state index contributed by atoms with van der Waals surface area (Å²) in [7, 11) is 0. The molecule has 0 spiro atoms. The summed E-state index contributed by atoms with van der Waals surface area (Å²) in [4.78, 5) is 8.95. The predicted molar refractivity (Wildman–Crippen MR) is 77.0 cm³/mol. The number of nitrogens with zero attached hydrogens (tertiary/aromatic N) is 3. The molecule has 0 amide bonds. The van der Waals surface area contributed by atoms with Gasteiger partial charge in [0.2, 0.25) is 0 Å². The summed E-state index contributed by atoms with van der Waals surface area (Å²) < 4.78 is 4.04. The summed E-state index contributed by atoms with van der Waals surface area (Å²) in [6.07, 6.45) is 0. The number of aromatic amines is 1. The first kappa shape index (κ1) is 12.3. The molecule has 0 aliphatic heterocycles. The molecule has 0 saturated carbocycles. The van der Waals surface area contributed by atoms with Crippen LogP contribution in [0.1, 0.15) is 31.0 Å². The summed E-state index contributed by atoms with van der Waals surface area (Å²) in [6.45, 7) is 4.74. The van der Waals surface area contributed by atoms with Crippen LogP contribution in [0.15, 0.2) is 18.2 Å². The van der Waals surface area contributed by atoms with Gasteiger partial charge in [-0.1, -0.05) is 24.4 Å². The predicted octanol–water partition coefficient (Wildman–Crippen LogP) is 2.66. The number of nitrogens with two attached hydrogens (primary N) is 1. The average molecular weight is 273 g/mol. The molecule has 6 heteroatoms. The van der Waals surface area contributed by atoms with Gasteiger partial charge >= 0.3 is 0 Å². The maximum atomic E-state index is 5.65. The summed E-state index contributed by atoms with van der Waals surface area (Å²) in [6, 6.07) is 6.03. The second-order valence-corrected chi connectivity index (χ2v) is 5.54. The Kier molecular flexibility index (Phi) is 3.04. The molecule has 1 aromatic carbocycles. The number of hydrogen-bond acceptors (Lipinski definition) is 5. The number of nitrogens with one attached hydrogen (secondary N) is 1. The van der Waals surface area contributed by atoms with Crippen molar-refractivity contribution >= 4 is 22.6 Å². The minimum absolute atomic E-state index is 0.335. The second kappa shape index (κ2) is 4.71. The van der Waals surface area contributed by atoms with E-state index in [1.54, 1.807) is 0 Å². The third kappa shape index (κ3) is 2.13. The summed E-state index contributed by atoms with van der Waals surface area (Å²) in [5.41, 5.74) is 9.68. The number of hydrogen-bond donors (Lipinski definition) is 2. The van der Waals surface area contributed by atoms with Gasteiger partial charge in [-0.05, 0) is 35.1 Å². The van der Waals surface area contributed by atoms with Gasteiger partial charge in [-0.15, -0.1) is 5.10 Å². The molecule has 3 N–H and O–H groups in total. The van der Waals surface area contributed by atoms with E-state index < -0.39 is 0 Å². The molecule has 5 nitrogen and oxygen atoms in total. The first-order chi connectivity index (χ1) is 9.19. The number of rotatable bonds is 3. The molecule has 3 rings (SSSR count). The molecule has 0 aliphatic carbocycles. The fraction of sp³-hybridized carbons (Fsp3) is 0.308. The van der Waals surface area contributed by atoms with Crippen LogP contribution >= 0.6 is 11.5 Å². The average Bonchev–Trinajstić information content (AvgIpc) is 3.03. The molecule has 2 heterocycles. The van der Waals surface area contributed by atoms with Crippen molar-refractivity contribution in [3.05, 3.63) is 29.5 Å². The van der Waals surface area contributed by atoms with Crippen molar-refractivity contribution in [1.82, 2.24) is 19.6 Å². The van der Waals surface area contributed by atoms with E-state index in [2.05, 4.69) is 33.4 Å². The van der Waals surface area contributed by atoms with Gasteiger partial charge in [0.1, 0.15) is 4.88 Å². The number of fused-ring (bicyclic) bond motifs is 1. The maximum Gasteiger partial charge on any atom is 0.152 e. The van der Waals surface area contributed by atoms with Crippen LogP contribution in [0, 0.1) is 0 Å². The van der Waals surface area contributed by atoms with E-state index in [0.29, 0.717) is 12.5 Å². The highest BCUT2D eigenvalue weighted by Gasteiger charge is 2.16. The molecule has 0 aliphatic rings. The minimum atomic E-state index is 0.335. The van der Waals surface area contributed by atoms with Crippen LogP contribution in [-0.2, 0) is 6.54 Å². The van der Waals surface area contributed by atoms with Gasteiger partial charge < -0.3 is 10.7 Å². The lowest BCUT2D eigenvalue weighted by Gasteiger charge is -2.00. The Morgan fingerprint density at radius 2 is 2.21 bits per heavy atom. The Labute approximate surface area is 115 Å². The first-order valence-corrected chi connectivity index (χ1v) is 6.97. The molecule has 3 aromatic rings. The first-order valence-electron chi connectivity index (χ1n) is 6.20. The third-order valence-electron chi connectivity index (χ3n) is 3.06. The van der Waals surface area contributed by atoms with Gasteiger partial charge in [0.05, 0.1) is 16.7 Å². The SMILES string of the molecule is CC(C)c1nnsc1-c1nc2ccc(CN)cc2[nH]1. The fourth-order valence-electron chi connectivity index (χ4n) is 2.03. The van der Waals surface area contributed by atoms with E-state index >= 15 is 0 Å². The summed E-state index contributed by atoms with van der Waals surface area (Å²) in [5.74, 6) is 1.17. The smallest absolute Gasteiger partial charge is 0.152 e. The van der Waals surface area contributed by atoms with E-state index in [1.165, 1.54) is 11.5 Å². The normalized spacial score (nSPS) is 11.6. The van der Waals surface area contributed by atoms with E-state index in [9.17, 15) is 0 Å². The largest absolute Gasteiger partial charge is 0.337 e. The minimum Gasteiger partial charge on any atom is -0.337 e. The Bertz CT molecular complexity index is 713. The molecule has 0 saturated heterocycles. The van der Waals surface area contributed by atoms with Crippen molar-refractivity contribution in [1.29, 1.82) is 0 Å². The van der Waals surface area contributed by atoms with Gasteiger partial charge in [-0.25, -0.2) is 4.98 Å². The van der Waals surface area contributed by atoms with Crippen LogP contribution in [-0.4, -0.2) is 19.6 Å². The molecule has 0 unspecified atom stereocenters. The van der Waals surface area contributed by atoms with Crippen LogP contribution < -0.4 is 5.73 Å². The van der Waals surface area contributed by atoms with Gasteiger partial charge in [-0.3, -0.25) is 0 Å². The van der Waals surface area contributed by atoms with Gasteiger partial charge in [0.15, 0.2) is 5.82 Å². The topological polar surface area (TPSA) is 80.5 Å². The lowest BCUT2D eigenvalue weighted by atomic mass is 10.1. The Hall–Kier alpha value is -1.79. The molecular formula is C13H15N5S. The monoisotopic (exact) mass is 273 g/mol. The molecular weight excluding hydrogens is 258 g/mol. The zero-order valence-electron chi connectivity index (χ0n) is 10.8. The molecule has 0 bridgehead atoms. The lowest BCUT2D eigenvalue weighted by Crippen LogP contribution is -1.95. The quantitative estimate of drug-likeness (QED) is 0.768. The summed E-state index contributed by atoms with van der Waals surface area (Å²) >= 11 is 1.38. The van der Waals surface area contributed by atoms with Crippen molar-refractivity contribution in [2.24, 2.45) is 5.73 Å². The van der Waals surface area contributed by atoms with Crippen LogP contribution in [0.4, 0.5) is 0 Å². The Balaban J connectivity index is 2.12. The fourth-order valence-corrected chi connectivity index (χ4v) is 2.79. The van der Waals surface area contributed by atoms with Crippen LogP contribution in [0.3, 0.4) is 0 Å². The van der Waals surface area contributed by atoms with E-state index in [1.807, 2.05) is 18.2 Å². The highest BCUT2D eigenvalue weighted by molar-refractivity contribution is 7.09. The highest BCUT2D eigenvalue weighted by Crippen LogP contribution is 2.30. The maximum absolute atomic E-state index is 5.65. The van der Waals surface area contributed by atoms with E-state index in [-0.39, 0.29) is 0 Å². The van der Waals surface area contributed by atoms with E-state index in [0.717, 1.165) is 33.0 Å². The van der Waals surface area contributed by atoms with Crippen LogP contribution in [0.5, 0.6) is 0 Å². The van der Waals surface area contributed by atoms with Crippen LogP contribution in [0.25, 0.3) is 21.7 Å². The molecule has 0 atom stereocenters. The third-order valence-corrected chi connectivity index (χ3v) is 3.81. The molecule has 98 valence electrons. The molecule has 0 fully saturated rings. The van der Waals surface area contributed by atoms with Crippen molar-refractivity contribution in [3.63, 3.8) is 0 Å². The van der Waals surface area contributed by atoms with E-state index in [4.69, 9.17) is 5.73 Å². The van der Waals surface area contributed by atoms with Crippen LogP contribution in [0.2, 0.25) is 0 Å². The van der Waals surface area contributed by atoms with Crippen molar-refractivity contribution in [2.75, 3.05) is 0 Å².